The smallest absolute Gasteiger partial charge is 0.240 e. The average molecular weight is 208 g/mol. The number of nitrogens with zero attached hydrogens (tertiary/aromatic N) is 1. The number of rotatable bonds is 4. The maximum atomic E-state index is 12.1. The second kappa shape index (κ2) is 5.77. The Hall–Kier alpha value is -1.01. The van der Waals surface area contributed by atoms with Crippen molar-refractivity contribution < 1.29 is 4.79 Å². The molecule has 1 heterocycles. The molecule has 0 aromatic carbocycles. The summed E-state index contributed by atoms with van der Waals surface area (Å²) in [6, 6.07) is -0.0232. The lowest BCUT2D eigenvalue weighted by Crippen LogP contribution is -2.46. The molecule has 0 aromatic heterocycles. The van der Waals surface area contributed by atoms with Crippen molar-refractivity contribution in [2.24, 2.45) is 5.92 Å². The minimum atomic E-state index is -0.0232. The summed E-state index contributed by atoms with van der Waals surface area (Å²) in [6.07, 6.45) is 7.30. The number of hydrogen-bond donors (Lipinski definition) is 1. The van der Waals surface area contributed by atoms with Gasteiger partial charge in [-0.2, -0.15) is 0 Å². The molecule has 0 radical (unpaired) electrons. The van der Waals surface area contributed by atoms with Gasteiger partial charge in [-0.3, -0.25) is 4.79 Å². The molecule has 1 aliphatic rings. The zero-order chi connectivity index (χ0) is 11.3. The molecule has 1 fully saturated rings. The van der Waals surface area contributed by atoms with Crippen LogP contribution in [0.5, 0.6) is 0 Å². The van der Waals surface area contributed by atoms with E-state index in [1.54, 1.807) is 4.90 Å². The molecular weight excluding hydrogens is 188 g/mol. The van der Waals surface area contributed by atoms with E-state index in [0.717, 1.165) is 25.9 Å². The number of carbonyl (C=O) groups is 1. The van der Waals surface area contributed by atoms with Crippen LogP contribution in [0.4, 0.5) is 0 Å². The van der Waals surface area contributed by atoms with Gasteiger partial charge in [0.15, 0.2) is 0 Å². The summed E-state index contributed by atoms with van der Waals surface area (Å²) in [6.45, 7) is 6.30. The van der Waals surface area contributed by atoms with Gasteiger partial charge in [-0.1, -0.05) is 19.8 Å². The maximum Gasteiger partial charge on any atom is 0.240 e. The zero-order valence-electron chi connectivity index (χ0n) is 9.62. The predicted molar refractivity (Wildman–Crippen MR) is 61.3 cm³/mol. The summed E-state index contributed by atoms with van der Waals surface area (Å²) in [5, 5.41) is 3.24. The highest BCUT2D eigenvalue weighted by atomic mass is 16.2. The van der Waals surface area contributed by atoms with Crippen molar-refractivity contribution >= 4 is 5.91 Å². The molecule has 1 saturated heterocycles. The van der Waals surface area contributed by atoms with Gasteiger partial charge < -0.3 is 10.2 Å². The van der Waals surface area contributed by atoms with Crippen molar-refractivity contribution in [1.82, 2.24) is 10.2 Å². The quantitative estimate of drug-likeness (QED) is 0.695. The minimum Gasteiger partial charge on any atom is -0.330 e. The third-order valence-electron chi connectivity index (χ3n) is 2.89. The summed E-state index contributed by atoms with van der Waals surface area (Å²) >= 11 is 0. The normalized spacial score (nSPS) is 24.9. The topological polar surface area (TPSA) is 32.3 Å². The van der Waals surface area contributed by atoms with Crippen molar-refractivity contribution in [3.05, 3.63) is 0 Å². The van der Waals surface area contributed by atoms with Crippen LogP contribution in [-0.2, 0) is 4.79 Å². The van der Waals surface area contributed by atoms with Crippen LogP contribution in [0.1, 0.15) is 26.7 Å². The molecule has 0 spiro atoms. The Morgan fingerprint density at radius 3 is 2.87 bits per heavy atom. The SMILES string of the molecule is C#CCN(CCC)C(=O)C1NCCC1C. The molecule has 3 heteroatoms. The largest absolute Gasteiger partial charge is 0.330 e. The Morgan fingerprint density at radius 1 is 1.67 bits per heavy atom. The van der Waals surface area contributed by atoms with E-state index in [4.69, 9.17) is 6.42 Å². The summed E-state index contributed by atoms with van der Waals surface area (Å²) in [4.78, 5) is 13.9. The summed E-state index contributed by atoms with van der Waals surface area (Å²) in [5.41, 5.74) is 0. The first kappa shape index (κ1) is 12.1. The van der Waals surface area contributed by atoms with Crippen molar-refractivity contribution in [1.29, 1.82) is 0 Å². The van der Waals surface area contributed by atoms with Gasteiger partial charge in [0, 0.05) is 6.54 Å². The third kappa shape index (κ3) is 2.97. The number of nitrogens with one attached hydrogen (secondary N) is 1. The van der Waals surface area contributed by atoms with Gasteiger partial charge in [0.1, 0.15) is 0 Å². The van der Waals surface area contributed by atoms with E-state index in [9.17, 15) is 4.79 Å². The lowest BCUT2D eigenvalue weighted by atomic mass is 10.0. The Morgan fingerprint density at radius 2 is 2.40 bits per heavy atom. The fraction of sp³-hybridized carbons (Fsp3) is 0.750. The minimum absolute atomic E-state index is 0.0232. The number of hydrogen-bond acceptors (Lipinski definition) is 2. The molecule has 1 rings (SSSR count). The first-order chi connectivity index (χ1) is 7.20. The highest BCUT2D eigenvalue weighted by Crippen LogP contribution is 2.16. The summed E-state index contributed by atoms with van der Waals surface area (Å²) in [5.74, 6) is 3.14. The number of amides is 1. The van der Waals surface area contributed by atoms with Crippen LogP contribution in [0, 0.1) is 18.3 Å². The van der Waals surface area contributed by atoms with E-state index < -0.39 is 0 Å². The van der Waals surface area contributed by atoms with Gasteiger partial charge in [0.05, 0.1) is 12.6 Å². The fourth-order valence-corrected chi connectivity index (χ4v) is 2.01. The van der Waals surface area contributed by atoms with Gasteiger partial charge in [-0.05, 0) is 25.3 Å². The zero-order valence-corrected chi connectivity index (χ0v) is 9.62. The number of carbonyl (C=O) groups excluding carboxylic acids is 1. The molecule has 1 aliphatic heterocycles. The molecular formula is C12H20N2O. The molecule has 15 heavy (non-hydrogen) atoms. The first-order valence-corrected chi connectivity index (χ1v) is 5.66. The molecule has 0 saturated carbocycles. The van der Waals surface area contributed by atoms with E-state index in [-0.39, 0.29) is 11.9 Å². The van der Waals surface area contributed by atoms with Gasteiger partial charge in [-0.15, -0.1) is 6.42 Å². The average Bonchev–Trinajstić information content (AvgIpc) is 2.63. The molecule has 0 aromatic rings. The van der Waals surface area contributed by atoms with Gasteiger partial charge in [0.25, 0.3) is 0 Å². The molecule has 2 unspecified atom stereocenters. The molecule has 3 nitrogen and oxygen atoms in total. The lowest BCUT2D eigenvalue weighted by molar-refractivity contribution is -0.133. The second-order valence-corrected chi connectivity index (χ2v) is 4.16. The Kier molecular flexibility index (Phi) is 4.64. The van der Waals surface area contributed by atoms with E-state index in [2.05, 4.69) is 25.1 Å². The molecule has 0 aliphatic carbocycles. The van der Waals surface area contributed by atoms with Crippen LogP contribution in [0.2, 0.25) is 0 Å². The van der Waals surface area contributed by atoms with Gasteiger partial charge in [-0.25, -0.2) is 0 Å². The van der Waals surface area contributed by atoms with Crippen LogP contribution in [0.15, 0.2) is 0 Å². The van der Waals surface area contributed by atoms with Crippen molar-refractivity contribution in [2.45, 2.75) is 32.7 Å². The highest BCUT2D eigenvalue weighted by molar-refractivity contribution is 5.82. The number of terminal acetylenes is 1. The van der Waals surface area contributed by atoms with Crippen LogP contribution in [0.25, 0.3) is 0 Å². The van der Waals surface area contributed by atoms with E-state index in [1.165, 1.54) is 0 Å². The molecule has 1 amide bonds. The van der Waals surface area contributed by atoms with Crippen molar-refractivity contribution in [3.8, 4) is 12.3 Å². The molecule has 0 bridgehead atoms. The maximum absolute atomic E-state index is 12.1. The summed E-state index contributed by atoms with van der Waals surface area (Å²) < 4.78 is 0. The standard InChI is InChI=1S/C12H20N2O/c1-4-8-14(9-5-2)12(15)11-10(3)6-7-13-11/h1,10-11,13H,5-9H2,2-3H3. The fourth-order valence-electron chi connectivity index (χ4n) is 2.01. The van der Waals surface area contributed by atoms with Crippen LogP contribution in [-0.4, -0.2) is 36.5 Å². The van der Waals surface area contributed by atoms with Crippen molar-refractivity contribution in [2.75, 3.05) is 19.6 Å². The highest BCUT2D eigenvalue weighted by Gasteiger charge is 2.31. The molecule has 1 N–H and O–H groups in total. The Bertz CT molecular complexity index is 257. The van der Waals surface area contributed by atoms with Crippen LogP contribution in [0.3, 0.4) is 0 Å². The van der Waals surface area contributed by atoms with E-state index >= 15 is 0 Å². The van der Waals surface area contributed by atoms with E-state index in [1.807, 2.05) is 0 Å². The Balaban J connectivity index is 2.58. The van der Waals surface area contributed by atoms with Crippen molar-refractivity contribution in [3.63, 3.8) is 0 Å². The second-order valence-electron chi connectivity index (χ2n) is 4.16. The predicted octanol–water partition coefficient (Wildman–Crippen LogP) is 0.856. The van der Waals surface area contributed by atoms with Crippen LogP contribution >= 0.6 is 0 Å². The summed E-state index contributed by atoms with van der Waals surface area (Å²) in [7, 11) is 0. The lowest BCUT2D eigenvalue weighted by Gasteiger charge is -2.25. The Labute approximate surface area is 92.2 Å². The first-order valence-electron chi connectivity index (χ1n) is 5.66. The third-order valence-corrected chi connectivity index (χ3v) is 2.89. The monoisotopic (exact) mass is 208 g/mol. The molecule has 84 valence electrons. The van der Waals surface area contributed by atoms with E-state index in [0.29, 0.717) is 12.5 Å². The molecule has 2 atom stereocenters. The van der Waals surface area contributed by atoms with Crippen LogP contribution < -0.4 is 5.32 Å². The van der Waals surface area contributed by atoms with Gasteiger partial charge >= 0.3 is 0 Å². The van der Waals surface area contributed by atoms with Gasteiger partial charge in [0.2, 0.25) is 5.91 Å².